The van der Waals surface area contributed by atoms with Crippen LogP contribution in [0.15, 0.2) is 71.6 Å². The van der Waals surface area contributed by atoms with Crippen molar-refractivity contribution in [3.63, 3.8) is 0 Å². The van der Waals surface area contributed by atoms with Crippen LogP contribution in [-0.2, 0) is 23.0 Å². The number of hydrogen-bond acceptors (Lipinski definition) is 3. The van der Waals surface area contributed by atoms with Crippen molar-refractivity contribution in [2.45, 2.75) is 31.7 Å². The number of nitrogens with zero attached hydrogens (tertiary/aromatic N) is 1. The number of carbonyl (C=O) groups excluding carboxylic acids is 1. The number of anilines is 1. The molecule has 1 aliphatic rings. The lowest BCUT2D eigenvalue weighted by atomic mass is 10.1. The van der Waals surface area contributed by atoms with Gasteiger partial charge in [-0.1, -0.05) is 47.5 Å². The first-order valence-electron chi connectivity index (χ1n) is 9.90. The summed E-state index contributed by atoms with van der Waals surface area (Å²) in [6, 6.07) is 20.1. The molecule has 0 radical (unpaired) electrons. The first-order valence-corrected chi connectivity index (χ1v) is 11.4. The van der Waals surface area contributed by atoms with Gasteiger partial charge in [0.1, 0.15) is 0 Å². The molecular weight excluding hydrogens is 396 g/mol. The van der Waals surface area contributed by atoms with Crippen molar-refractivity contribution in [2.24, 2.45) is 0 Å². The fraction of sp³-hybridized carbons (Fsp3) is 0.208. The largest absolute Gasteiger partial charge is 0.308 e. The lowest BCUT2D eigenvalue weighted by molar-refractivity contribution is 0.0989. The van der Waals surface area contributed by atoms with E-state index in [-0.39, 0.29) is 17.3 Å². The van der Waals surface area contributed by atoms with Gasteiger partial charge in [-0.15, -0.1) is 0 Å². The Morgan fingerprint density at radius 3 is 2.47 bits per heavy atom. The van der Waals surface area contributed by atoms with Gasteiger partial charge >= 0.3 is 0 Å². The Hall–Kier alpha value is -2.96. The lowest BCUT2D eigenvalue weighted by Crippen LogP contribution is -2.29. The summed E-state index contributed by atoms with van der Waals surface area (Å²) in [5, 5.41) is 0. The Balaban J connectivity index is 1.53. The van der Waals surface area contributed by atoms with Gasteiger partial charge in [0.05, 0.1) is 4.90 Å². The molecule has 0 atom stereocenters. The van der Waals surface area contributed by atoms with Crippen LogP contribution in [0.4, 0.5) is 5.69 Å². The quantitative estimate of drug-likeness (QED) is 0.679. The van der Waals surface area contributed by atoms with Gasteiger partial charge in [0.15, 0.2) is 0 Å². The van der Waals surface area contributed by atoms with Gasteiger partial charge in [0.25, 0.3) is 5.91 Å². The normalized spacial score (nSPS) is 13.3. The molecular formula is C24H24N2O3S. The fourth-order valence-corrected chi connectivity index (χ4v) is 4.68. The Kier molecular flexibility index (Phi) is 5.45. The minimum Gasteiger partial charge on any atom is -0.308 e. The van der Waals surface area contributed by atoms with E-state index >= 15 is 0 Å². The number of carbonyl (C=O) groups is 1. The SMILES string of the molecule is Cc1ccc(S(=O)(=O)NCc2ccc3c(c2)N(C(=O)c2cccc(C)c2)CC3)cc1. The maximum Gasteiger partial charge on any atom is 0.258 e. The molecule has 154 valence electrons. The number of amides is 1. The predicted molar refractivity (Wildman–Crippen MR) is 118 cm³/mol. The van der Waals surface area contributed by atoms with Crippen molar-refractivity contribution in [1.29, 1.82) is 0 Å². The van der Waals surface area contributed by atoms with Crippen LogP contribution in [0.25, 0.3) is 0 Å². The second kappa shape index (κ2) is 8.05. The van der Waals surface area contributed by atoms with Crippen LogP contribution in [0, 0.1) is 13.8 Å². The van der Waals surface area contributed by atoms with Crippen LogP contribution in [0.5, 0.6) is 0 Å². The van der Waals surface area contributed by atoms with E-state index in [4.69, 9.17) is 0 Å². The van der Waals surface area contributed by atoms with E-state index in [1.165, 1.54) is 0 Å². The van der Waals surface area contributed by atoms with Gasteiger partial charge in [0.2, 0.25) is 10.0 Å². The van der Waals surface area contributed by atoms with Crippen molar-refractivity contribution in [1.82, 2.24) is 4.72 Å². The highest BCUT2D eigenvalue weighted by Crippen LogP contribution is 2.30. The molecule has 0 aromatic heterocycles. The van der Waals surface area contributed by atoms with Crippen LogP contribution >= 0.6 is 0 Å². The van der Waals surface area contributed by atoms with E-state index in [9.17, 15) is 13.2 Å². The molecule has 0 spiro atoms. The fourth-order valence-electron chi connectivity index (χ4n) is 3.66. The standard InChI is InChI=1S/C24H24N2O3S/c1-17-6-10-22(11-7-17)30(28,29)25-16-19-8-9-20-12-13-26(23(20)15-19)24(27)21-5-3-4-18(2)14-21/h3-11,14-15,25H,12-13,16H2,1-2H3. The maximum atomic E-state index is 13.0. The number of sulfonamides is 1. The summed E-state index contributed by atoms with van der Waals surface area (Å²) < 4.78 is 27.8. The summed E-state index contributed by atoms with van der Waals surface area (Å²) in [6.07, 6.45) is 0.794. The van der Waals surface area contributed by atoms with Gasteiger partial charge in [-0.3, -0.25) is 4.79 Å². The van der Waals surface area contributed by atoms with E-state index in [0.717, 1.165) is 34.4 Å². The number of nitrogens with one attached hydrogen (secondary N) is 1. The molecule has 3 aromatic rings. The van der Waals surface area contributed by atoms with Crippen molar-refractivity contribution >= 4 is 21.6 Å². The maximum absolute atomic E-state index is 13.0. The summed E-state index contributed by atoms with van der Waals surface area (Å²) in [6.45, 7) is 4.67. The van der Waals surface area contributed by atoms with Crippen molar-refractivity contribution in [3.05, 3.63) is 94.5 Å². The molecule has 0 unspecified atom stereocenters. The second-order valence-corrected chi connectivity index (χ2v) is 9.44. The zero-order valence-corrected chi connectivity index (χ0v) is 17.9. The molecule has 1 aliphatic heterocycles. The van der Waals surface area contributed by atoms with Crippen LogP contribution < -0.4 is 9.62 Å². The molecule has 5 nitrogen and oxygen atoms in total. The minimum atomic E-state index is -3.60. The summed E-state index contributed by atoms with van der Waals surface area (Å²) in [7, 11) is -3.60. The monoisotopic (exact) mass is 420 g/mol. The number of rotatable bonds is 5. The molecule has 0 bridgehead atoms. The van der Waals surface area contributed by atoms with E-state index in [0.29, 0.717) is 12.1 Å². The van der Waals surface area contributed by atoms with Crippen LogP contribution in [-0.4, -0.2) is 20.9 Å². The van der Waals surface area contributed by atoms with Crippen molar-refractivity contribution in [2.75, 3.05) is 11.4 Å². The molecule has 0 fully saturated rings. The van der Waals surface area contributed by atoms with Crippen molar-refractivity contribution in [3.8, 4) is 0 Å². The molecule has 1 N–H and O–H groups in total. The highest BCUT2D eigenvalue weighted by Gasteiger charge is 2.26. The Morgan fingerprint density at radius 2 is 1.73 bits per heavy atom. The molecule has 0 aliphatic carbocycles. The summed E-state index contributed by atoms with van der Waals surface area (Å²) in [5.41, 5.74) is 5.47. The third-order valence-corrected chi connectivity index (χ3v) is 6.77. The topological polar surface area (TPSA) is 66.5 Å². The average molecular weight is 421 g/mol. The smallest absolute Gasteiger partial charge is 0.258 e. The molecule has 0 saturated carbocycles. The van der Waals surface area contributed by atoms with E-state index < -0.39 is 10.0 Å². The van der Waals surface area contributed by atoms with Gasteiger partial charge in [-0.25, -0.2) is 13.1 Å². The number of benzene rings is 3. The highest BCUT2D eigenvalue weighted by atomic mass is 32.2. The summed E-state index contributed by atoms with van der Waals surface area (Å²) in [4.78, 5) is 15.0. The third kappa shape index (κ3) is 4.15. The zero-order valence-electron chi connectivity index (χ0n) is 17.1. The molecule has 0 saturated heterocycles. The van der Waals surface area contributed by atoms with Gasteiger partial charge in [-0.2, -0.15) is 0 Å². The molecule has 1 heterocycles. The van der Waals surface area contributed by atoms with Crippen molar-refractivity contribution < 1.29 is 13.2 Å². The van der Waals surface area contributed by atoms with E-state index in [2.05, 4.69) is 4.72 Å². The minimum absolute atomic E-state index is 0.0326. The Bertz CT molecular complexity index is 1200. The first kappa shape index (κ1) is 20.3. The van der Waals surface area contributed by atoms with Crippen LogP contribution in [0.2, 0.25) is 0 Å². The molecule has 30 heavy (non-hydrogen) atoms. The molecule has 3 aromatic carbocycles. The second-order valence-electron chi connectivity index (χ2n) is 7.68. The van der Waals surface area contributed by atoms with Crippen LogP contribution in [0.1, 0.15) is 32.6 Å². The number of hydrogen-bond donors (Lipinski definition) is 1. The average Bonchev–Trinajstić information content (AvgIpc) is 3.15. The Morgan fingerprint density at radius 1 is 0.967 bits per heavy atom. The summed E-state index contributed by atoms with van der Waals surface area (Å²) >= 11 is 0. The first-order chi connectivity index (χ1) is 14.3. The predicted octanol–water partition coefficient (Wildman–Crippen LogP) is 3.98. The summed E-state index contributed by atoms with van der Waals surface area (Å²) in [5.74, 6) is -0.0326. The number of fused-ring (bicyclic) bond motifs is 1. The van der Waals surface area contributed by atoms with Gasteiger partial charge in [-0.05, 0) is 61.7 Å². The molecule has 1 amide bonds. The Labute approximate surface area is 177 Å². The molecule has 4 rings (SSSR count). The van der Waals surface area contributed by atoms with E-state index in [1.54, 1.807) is 29.2 Å². The zero-order chi connectivity index (χ0) is 21.3. The van der Waals surface area contributed by atoms with E-state index in [1.807, 2.05) is 56.3 Å². The van der Waals surface area contributed by atoms with Gasteiger partial charge in [0, 0.05) is 24.3 Å². The third-order valence-electron chi connectivity index (χ3n) is 5.35. The lowest BCUT2D eigenvalue weighted by Gasteiger charge is -2.18. The van der Waals surface area contributed by atoms with Crippen LogP contribution in [0.3, 0.4) is 0 Å². The number of aryl methyl sites for hydroxylation is 2. The highest BCUT2D eigenvalue weighted by molar-refractivity contribution is 7.89. The van der Waals surface area contributed by atoms with Gasteiger partial charge < -0.3 is 4.90 Å². The molecule has 6 heteroatoms.